The van der Waals surface area contributed by atoms with Crippen LogP contribution in [-0.4, -0.2) is 30.3 Å². The Hall–Kier alpha value is -1.83. The quantitative estimate of drug-likeness (QED) is 0.806. The van der Waals surface area contributed by atoms with Crippen LogP contribution in [0.25, 0.3) is 0 Å². The Morgan fingerprint density at radius 1 is 1.55 bits per heavy atom. The molecule has 1 aromatic rings. The predicted octanol–water partition coefficient (Wildman–Crippen LogP) is 1.70. The molecule has 2 N–H and O–H groups in total. The zero-order valence-electron chi connectivity index (χ0n) is 11.8. The molecule has 0 radical (unpaired) electrons. The molecule has 2 rings (SSSR count). The smallest absolute Gasteiger partial charge is 0.253 e. The van der Waals surface area contributed by atoms with Crippen molar-refractivity contribution in [2.24, 2.45) is 5.92 Å². The Labute approximate surface area is 119 Å². The van der Waals surface area contributed by atoms with E-state index in [4.69, 9.17) is 9.84 Å². The summed E-state index contributed by atoms with van der Waals surface area (Å²) < 4.78 is 5.45. The van der Waals surface area contributed by atoms with E-state index in [0.717, 1.165) is 23.2 Å². The van der Waals surface area contributed by atoms with Gasteiger partial charge < -0.3 is 15.2 Å². The lowest BCUT2D eigenvalue weighted by Gasteiger charge is -2.15. The second-order valence-corrected chi connectivity index (χ2v) is 5.04. The fourth-order valence-corrected chi connectivity index (χ4v) is 2.26. The number of amides is 1. The molecule has 0 saturated carbocycles. The van der Waals surface area contributed by atoms with Crippen molar-refractivity contribution in [2.75, 3.05) is 18.5 Å². The van der Waals surface area contributed by atoms with Crippen LogP contribution in [0.15, 0.2) is 18.2 Å². The molecular weight excluding hydrogens is 254 g/mol. The molecule has 0 aromatic heterocycles. The summed E-state index contributed by atoms with van der Waals surface area (Å²) in [7, 11) is 0. The highest BCUT2D eigenvalue weighted by molar-refractivity contribution is 5.95. The minimum atomic E-state index is -0.358. The monoisotopic (exact) mass is 273 g/mol. The predicted molar refractivity (Wildman–Crippen MR) is 77.3 cm³/mol. The van der Waals surface area contributed by atoms with Crippen molar-refractivity contribution in [3.63, 3.8) is 0 Å². The number of hydrogen-bond donors (Lipinski definition) is 2. The van der Waals surface area contributed by atoms with Gasteiger partial charge in [-0.1, -0.05) is 18.8 Å². The lowest BCUT2D eigenvalue weighted by atomic mass is 10.0. The molecule has 1 aliphatic rings. The Morgan fingerprint density at radius 2 is 2.35 bits per heavy atom. The molecule has 0 bridgehead atoms. The molecule has 1 amide bonds. The third-order valence-electron chi connectivity index (χ3n) is 3.44. The van der Waals surface area contributed by atoms with Crippen molar-refractivity contribution < 1.29 is 14.6 Å². The van der Waals surface area contributed by atoms with Crippen molar-refractivity contribution >= 4 is 11.6 Å². The van der Waals surface area contributed by atoms with Gasteiger partial charge >= 0.3 is 0 Å². The molecular formula is C16H19NO3. The van der Waals surface area contributed by atoms with Crippen LogP contribution in [0.4, 0.5) is 5.69 Å². The number of hydrogen-bond acceptors (Lipinski definition) is 3. The van der Waals surface area contributed by atoms with Gasteiger partial charge in [-0.05, 0) is 43.0 Å². The van der Waals surface area contributed by atoms with E-state index in [-0.39, 0.29) is 24.5 Å². The maximum Gasteiger partial charge on any atom is 0.253 e. The molecule has 2 atom stereocenters. The van der Waals surface area contributed by atoms with Crippen LogP contribution in [-0.2, 0) is 9.53 Å². The van der Waals surface area contributed by atoms with Gasteiger partial charge in [-0.2, -0.15) is 0 Å². The van der Waals surface area contributed by atoms with E-state index < -0.39 is 0 Å². The molecule has 4 nitrogen and oxygen atoms in total. The average Bonchev–Trinajstić information content (AvgIpc) is 2.85. The second-order valence-electron chi connectivity index (χ2n) is 5.04. The summed E-state index contributed by atoms with van der Waals surface area (Å²) in [5, 5.41) is 11.6. The summed E-state index contributed by atoms with van der Waals surface area (Å²) in [6.07, 6.45) is 0.565. The first-order valence-electron chi connectivity index (χ1n) is 6.74. The summed E-state index contributed by atoms with van der Waals surface area (Å²) >= 11 is 0. The summed E-state index contributed by atoms with van der Waals surface area (Å²) in [4.78, 5) is 12.1. The standard InChI is InChI=1S/C16H19NO3/c1-11-7-9-20-15(11)16(19)17-14-6-5-13(4-3-8-18)10-12(14)2/h5-6,10-11,15,18H,7-9H2,1-2H3,(H,17,19). The first-order chi connectivity index (χ1) is 9.61. The molecule has 4 heteroatoms. The van der Waals surface area contributed by atoms with Gasteiger partial charge in [-0.25, -0.2) is 0 Å². The van der Waals surface area contributed by atoms with Gasteiger partial charge in [0.25, 0.3) is 5.91 Å². The number of carbonyl (C=O) groups excluding carboxylic acids is 1. The third kappa shape index (κ3) is 3.38. The van der Waals surface area contributed by atoms with Gasteiger partial charge in [0.05, 0.1) is 0 Å². The minimum Gasteiger partial charge on any atom is -0.384 e. The molecule has 1 aromatic carbocycles. The van der Waals surface area contributed by atoms with Crippen LogP contribution in [0, 0.1) is 24.7 Å². The van der Waals surface area contributed by atoms with Crippen LogP contribution in [0.5, 0.6) is 0 Å². The number of anilines is 1. The number of benzene rings is 1. The fraction of sp³-hybridized carbons (Fsp3) is 0.438. The van der Waals surface area contributed by atoms with Crippen LogP contribution in [0.2, 0.25) is 0 Å². The van der Waals surface area contributed by atoms with E-state index in [9.17, 15) is 4.79 Å². The van der Waals surface area contributed by atoms with Crippen LogP contribution < -0.4 is 5.32 Å². The molecule has 20 heavy (non-hydrogen) atoms. The summed E-state index contributed by atoms with van der Waals surface area (Å²) in [5.74, 6) is 5.61. The average molecular weight is 273 g/mol. The lowest BCUT2D eigenvalue weighted by Crippen LogP contribution is -2.31. The minimum absolute atomic E-state index is 0.0905. The number of nitrogens with one attached hydrogen (secondary N) is 1. The van der Waals surface area contributed by atoms with E-state index in [1.807, 2.05) is 32.0 Å². The van der Waals surface area contributed by atoms with E-state index in [1.54, 1.807) is 0 Å². The van der Waals surface area contributed by atoms with Crippen molar-refractivity contribution in [3.05, 3.63) is 29.3 Å². The Bertz CT molecular complexity index is 557. The van der Waals surface area contributed by atoms with Gasteiger partial charge in [0.15, 0.2) is 0 Å². The van der Waals surface area contributed by atoms with Gasteiger partial charge in [0, 0.05) is 17.9 Å². The second kappa shape index (κ2) is 6.56. The maximum absolute atomic E-state index is 12.1. The van der Waals surface area contributed by atoms with E-state index in [0.29, 0.717) is 6.61 Å². The molecule has 2 unspecified atom stereocenters. The van der Waals surface area contributed by atoms with Crippen molar-refractivity contribution in [3.8, 4) is 11.8 Å². The summed E-state index contributed by atoms with van der Waals surface area (Å²) in [5.41, 5.74) is 2.53. The van der Waals surface area contributed by atoms with Gasteiger partial charge in [0.1, 0.15) is 12.7 Å². The molecule has 1 fully saturated rings. The molecule has 1 saturated heterocycles. The number of aliphatic hydroxyl groups is 1. The first kappa shape index (κ1) is 14.6. The molecule has 1 aliphatic heterocycles. The molecule has 0 spiro atoms. The number of carbonyl (C=O) groups is 1. The number of aliphatic hydroxyl groups excluding tert-OH is 1. The van der Waals surface area contributed by atoms with E-state index in [1.165, 1.54) is 0 Å². The van der Waals surface area contributed by atoms with Gasteiger partial charge in [0.2, 0.25) is 0 Å². The van der Waals surface area contributed by atoms with Crippen molar-refractivity contribution in [1.29, 1.82) is 0 Å². The van der Waals surface area contributed by atoms with Crippen molar-refractivity contribution in [2.45, 2.75) is 26.4 Å². The van der Waals surface area contributed by atoms with Gasteiger partial charge in [-0.15, -0.1) is 0 Å². The van der Waals surface area contributed by atoms with E-state index >= 15 is 0 Å². The molecule has 0 aliphatic carbocycles. The molecule has 106 valence electrons. The highest BCUT2D eigenvalue weighted by atomic mass is 16.5. The highest BCUT2D eigenvalue weighted by Gasteiger charge is 2.30. The topological polar surface area (TPSA) is 58.6 Å². The Morgan fingerprint density at radius 3 is 2.95 bits per heavy atom. The first-order valence-corrected chi connectivity index (χ1v) is 6.74. The summed E-state index contributed by atoms with van der Waals surface area (Å²) in [6, 6.07) is 5.54. The van der Waals surface area contributed by atoms with Crippen LogP contribution >= 0.6 is 0 Å². The number of ether oxygens (including phenoxy) is 1. The SMILES string of the molecule is Cc1cc(C#CCO)ccc1NC(=O)C1OCCC1C. The maximum atomic E-state index is 12.1. The zero-order valence-corrected chi connectivity index (χ0v) is 11.8. The Balaban J connectivity index is 2.08. The van der Waals surface area contributed by atoms with Crippen LogP contribution in [0.3, 0.4) is 0 Å². The van der Waals surface area contributed by atoms with Crippen molar-refractivity contribution in [1.82, 2.24) is 0 Å². The Kier molecular flexibility index (Phi) is 4.78. The summed E-state index contributed by atoms with van der Waals surface area (Å²) in [6.45, 7) is 4.43. The zero-order chi connectivity index (χ0) is 14.5. The van der Waals surface area contributed by atoms with Gasteiger partial charge in [-0.3, -0.25) is 4.79 Å². The highest BCUT2D eigenvalue weighted by Crippen LogP contribution is 2.23. The largest absolute Gasteiger partial charge is 0.384 e. The fourth-order valence-electron chi connectivity index (χ4n) is 2.26. The lowest BCUT2D eigenvalue weighted by molar-refractivity contribution is -0.126. The van der Waals surface area contributed by atoms with Crippen LogP contribution in [0.1, 0.15) is 24.5 Å². The number of rotatable bonds is 2. The number of aryl methyl sites for hydroxylation is 1. The molecule has 1 heterocycles. The third-order valence-corrected chi connectivity index (χ3v) is 3.44. The van der Waals surface area contributed by atoms with E-state index in [2.05, 4.69) is 17.2 Å². The normalized spacial score (nSPS) is 21.1.